The van der Waals surface area contributed by atoms with Crippen molar-refractivity contribution < 1.29 is 9.90 Å². The van der Waals surface area contributed by atoms with Gasteiger partial charge in [0.1, 0.15) is 12.1 Å². The van der Waals surface area contributed by atoms with Crippen molar-refractivity contribution >= 4 is 16.8 Å². The number of ketones is 1. The molecule has 0 spiro atoms. The summed E-state index contributed by atoms with van der Waals surface area (Å²) in [6.07, 6.45) is 10.7. The van der Waals surface area contributed by atoms with Crippen molar-refractivity contribution in [3.05, 3.63) is 24.3 Å². The van der Waals surface area contributed by atoms with Crippen LogP contribution in [-0.4, -0.2) is 31.5 Å². The molecule has 1 heterocycles. The Bertz CT molecular complexity index is 1080. The Kier molecular flexibility index (Phi) is 4.09. The Morgan fingerprint density at radius 2 is 1.75 bits per heavy atom. The molecule has 170 valence electrons. The monoisotopic (exact) mass is 433 g/mol. The van der Waals surface area contributed by atoms with Crippen molar-refractivity contribution in [2.75, 3.05) is 0 Å². The zero-order chi connectivity index (χ0) is 21.7. The summed E-state index contributed by atoms with van der Waals surface area (Å²) < 4.78 is 1.81. The first-order chi connectivity index (χ1) is 15.5. The first-order valence-electron chi connectivity index (χ1n) is 13.0. The van der Waals surface area contributed by atoms with Gasteiger partial charge in [-0.05, 0) is 111 Å². The van der Waals surface area contributed by atoms with Crippen LogP contribution in [0.5, 0.6) is 0 Å². The second kappa shape index (κ2) is 6.65. The van der Waals surface area contributed by atoms with Gasteiger partial charge in [-0.25, -0.2) is 4.68 Å². The van der Waals surface area contributed by atoms with Crippen LogP contribution >= 0.6 is 0 Å². The van der Waals surface area contributed by atoms with Crippen LogP contribution in [-0.2, 0) is 11.3 Å². The molecule has 0 bridgehead atoms. The average molecular weight is 434 g/mol. The zero-order valence-electron chi connectivity index (χ0n) is 19.1. The van der Waals surface area contributed by atoms with Crippen molar-refractivity contribution in [1.29, 1.82) is 0 Å². The van der Waals surface area contributed by atoms with Gasteiger partial charge in [-0.3, -0.25) is 4.79 Å². The second-order valence-corrected chi connectivity index (χ2v) is 12.2. The number of hydrogen-bond donors (Lipinski definition) is 1. The van der Waals surface area contributed by atoms with Crippen LogP contribution in [0.25, 0.3) is 11.0 Å². The summed E-state index contributed by atoms with van der Waals surface area (Å²) in [6.45, 7) is 2.79. The predicted octanol–water partition coefficient (Wildman–Crippen LogP) is 4.63. The normalized spacial score (nSPS) is 46.8. The quantitative estimate of drug-likeness (QED) is 0.766. The number of rotatable bonds is 3. The van der Waals surface area contributed by atoms with E-state index in [1.165, 1.54) is 38.5 Å². The number of Topliss-reactive ketones (excluding diaryl/α,β-unsaturated/α-hetero) is 1. The molecule has 5 fully saturated rings. The predicted molar refractivity (Wildman–Crippen MR) is 122 cm³/mol. The molecule has 5 aliphatic rings. The maximum Gasteiger partial charge on any atom is 0.157 e. The highest BCUT2D eigenvalue weighted by Gasteiger charge is 2.65. The standard InChI is InChI=1S/C27H35N3O2/c1-26-12-10-16-17-11-13-27(32)14-22(27)19(17)7-6-18(16)20(26)8-9-21(26)25(31)15-30-24-5-3-2-4-23(24)28-29-30/h2-5,16-22,32H,6-15H2,1H3/t16-,17-,18-,19-,20+,21-,22?,26+,27+/m1/s1. The average Bonchev–Trinajstić information content (AvgIpc) is 3.15. The van der Waals surface area contributed by atoms with Gasteiger partial charge in [-0.2, -0.15) is 0 Å². The summed E-state index contributed by atoms with van der Waals surface area (Å²) in [6, 6.07) is 7.93. The van der Waals surface area contributed by atoms with E-state index in [2.05, 4.69) is 17.2 Å². The molecule has 5 nitrogen and oxygen atoms in total. The molecule has 7 rings (SSSR count). The third-order valence-electron chi connectivity index (χ3n) is 11.1. The topological polar surface area (TPSA) is 68.0 Å². The molecule has 0 radical (unpaired) electrons. The molecule has 1 N–H and O–H groups in total. The van der Waals surface area contributed by atoms with Gasteiger partial charge in [0, 0.05) is 5.92 Å². The molecule has 5 heteroatoms. The van der Waals surface area contributed by atoms with Gasteiger partial charge in [0.05, 0.1) is 11.1 Å². The molecule has 9 atom stereocenters. The van der Waals surface area contributed by atoms with Gasteiger partial charge in [-0.1, -0.05) is 24.3 Å². The number of nitrogens with zero attached hydrogens (tertiary/aromatic N) is 3. The van der Waals surface area contributed by atoms with Crippen LogP contribution in [0, 0.1) is 46.8 Å². The first-order valence-corrected chi connectivity index (χ1v) is 13.0. The lowest BCUT2D eigenvalue weighted by Gasteiger charge is -2.56. The molecule has 32 heavy (non-hydrogen) atoms. The third-order valence-corrected chi connectivity index (χ3v) is 11.1. The molecule has 0 amide bonds. The van der Waals surface area contributed by atoms with E-state index in [1.54, 1.807) is 0 Å². The fourth-order valence-electron chi connectivity index (χ4n) is 9.50. The number of hydrogen-bond acceptors (Lipinski definition) is 4. The Morgan fingerprint density at radius 1 is 1.00 bits per heavy atom. The lowest BCUT2D eigenvalue weighted by molar-refractivity contribution is -0.131. The fourth-order valence-corrected chi connectivity index (χ4v) is 9.50. The van der Waals surface area contributed by atoms with Crippen molar-refractivity contribution in [2.24, 2.45) is 46.8 Å². The Morgan fingerprint density at radius 3 is 2.59 bits per heavy atom. The van der Waals surface area contributed by atoms with Gasteiger partial charge < -0.3 is 5.11 Å². The fraction of sp³-hybridized carbons (Fsp3) is 0.741. The van der Waals surface area contributed by atoms with E-state index in [0.717, 1.165) is 54.0 Å². The van der Waals surface area contributed by atoms with E-state index in [-0.39, 0.29) is 16.9 Å². The number of para-hydroxylation sites is 1. The number of carbonyl (C=O) groups excluding carboxylic acids is 1. The maximum absolute atomic E-state index is 13.6. The molecule has 0 aliphatic heterocycles. The first kappa shape index (κ1) is 19.7. The molecule has 5 aliphatic carbocycles. The van der Waals surface area contributed by atoms with Gasteiger partial charge >= 0.3 is 0 Å². The lowest BCUT2D eigenvalue weighted by atomic mass is 9.49. The van der Waals surface area contributed by atoms with Gasteiger partial charge in [0.2, 0.25) is 0 Å². The summed E-state index contributed by atoms with van der Waals surface area (Å²) in [5, 5.41) is 19.2. The van der Waals surface area contributed by atoms with Crippen LogP contribution in [0.4, 0.5) is 0 Å². The molecule has 1 unspecified atom stereocenters. The van der Waals surface area contributed by atoms with E-state index in [1.807, 2.05) is 28.9 Å². The molecule has 1 aromatic heterocycles. The SMILES string of the molecule is C[C@]12CC[C@@H]3[C@H]4CC[C@]5(O)CC5[C@@H]4CC[C@H]3[C@@H]1CC[C@@H]2C(=O)Cn1nnc2ccccc21. The van der Waals surface area contributed by atoms with Crippen molar-refractivity contribution in [2.45, 2.75) is 76.9 Å². The summed E-state index contributed by atoms with van der Waals surface area (Å²) in [7, 11) is 0. The molecular formula is C27H35N3O2. The van der Waals surface area contributed by atoms with Gasteiger partial charge in [0.25, 0.3) is 0 Å². The van der Waals surface area contributed by atoms with Crippen LogP contribution in [0.2, 0.25) is 0 Å². The molecule has 2 aromatic rings. The largest absolute Gasteiger partial charge is 0.390 e. The number of benzene rings is 1. The molecular weight excluding hydrogens is 398 g/mol. The number of fused-ring (bicyclic) bond motifs is 8. The molecule has 0 saturated heterocycles. The van der Waals surface area contributed by atoms with E-state index >= 15 is 0 Å². The van der Waals surface area contributed by atoms with Crippen LogP contribution in [0.3, 0.4) is 0 Å². The Balaban J connectivity index is 1.11. The minimum atomic E-state index is -0.284. The summed E-state index contributed by atoms with van der Waals surface area (Å²) in [5.41, 5.74) is 1.69. The van der Waals surface area contributed by atoms with E-state index in [9.17, 15) is 9.90 Å². The minimum absolute atomic E-state index is 0.149. The second-order valence-electron chi connectivity index (χ2n) is 12.2. The Hall–Kier alpha value is -1.75. The Labute approximate surface area is 189 Å². The summed E-state index contributed by atoms with van der Waals surface area (Å²) >= 11 is 0. The lowest BCUT2D eigenvalue weighted by Crippen LogP contribution is -2.50. The van der Waals surface area contributed by atoms with Crippen molar-refractivity contribution in [3.8, 4) is 0 Å². The van der Waals surface area contributed by atoms with Crippen molar-refractivity contribution in [1.82, 2.24) is 15.0 Å². The number of aliphatic hydroxyl groups is 1. The maximum atomic E-state index is 13.6. The van der Waals surface area contributed by atoms with E-state index in [0.29, 0.717) is 24.2 Å². The summed E-state index contributed by atoms with van der Waals surface area (Å²) in [5.74, 6) is 5.07. The van der Waals surface area contributed by atoms with Gasteiger partial charge in [-0.15, -0.1) is 5.10 Å². The van der Waals surface area contributed by atoms with E-state index < -0.39 is 0 Å². The zero-order valence-corrected chi connectivity index (χ0v) is 19.1. The van der Waals surface area contributed by atoms with E-state index in [4.69, 9.17) is 0 Å². The molecule has 5 saturated carbocycles. The van der Waals surface area contributed by atoms with Crippen LogP contribution < -0.4 is 0 Å². The number of aromatic nitrogens is 3. The highest BCUT2D eigenvalue weighted by Crippen LogP contribution is 2.68. The van der Waals surface area contributed by atoms with Crippen molar-refractivity contribution in [3.63, 3.8) is 0 Å². The number of carbonyl (C=O) groups is 1. The summed E-state index contributed by atoms with van der Waals surface area (Å²) in [4.78, 5) is 13.6. The van der Waals surface area contributed by atoms with Crippen LogP contribution in [0.15, 0.2) is 24.3 Å². The highest BCUT2D eigenvalue weighted by atomic mass is 16.3. The minimum Gasteiger partial charge on any atom is -0.390 e. The smallest absolute Gasteiger partial charge is 0.157 e. The molecule has 1 aromatic carbocycles. The van der Waals surface area contributed by atoms with Crippen LogP contribution in [0.1, 0.15) is 64.7 Å². The third kappa shape index (κ3) is 2.63. The van der Waals surface area contributed by atoms with Gasteiger partial charge in [0.15, 0.2) is 5.78 Å². The highest BCUT2D eigenvalue weighted by molar-refractivity contribution is 5.84.